The Labute approximate surface area is 155 Å². The van der Waals surface area contributed by atoms with Gasteiger partial charge in [0.25, 0.3) is 0 Å². The van der Waals surface area contributed by atoms with Crippen molar-refractivity contribution in [1.29, 1.82) is 0 Å². The van der Waals surface area contributed by atoms with E-state index in [1.807, 2.05) is 19.1 Å². The van der Waals surface area contributed by atoms with Crippen LogP contribution in [0.1, 0.15) is 30.9 Å². The van der Waals surface area contributed by atoms with Gasteiger partial charge in [0.2, 0.25) is 0 Å². The fourth-order valence-corrected chi connectivity index (χ4v) is 3.37. The first-order chi connectivity index (χ1) is 12.1. The molecule has 0 saturated carbocycles. The van der Waals surface area contributed by atoms with E-state index in [1.54, 1.807) is 6.20 Å². The van der Waals surface area contributed by atoms with Crippen molar-refractivity contribution in [2.24, 2.45) is 5.92 Å². The molecule has 1 aliphatic heterocycles. The van der Waals surface area contributed by atoms with Gasteiger partial charge in [0, 0.05) is 31.5 Å². The van der Waals surface area contributed by atoms with E-state index in [9.17, 15) is 0 Å². The number of thiocarbonyl (C=S) groups is 1. The Balaban J connectivity index is 1.50. The average Bonchev–Trinajstić information content (AvgIpc) is 2.60. The maximum Gasteiger partial charge on any atom is 0.172 e. The second-order valence-corrected chi connectivity index (χ2v) is 7.29. The number of pyridine rings is 1. The number of piperidine rings is 1. The molecule has 0 bridgehead atoms. The summed E-state index contributed by atoms with van der Waals surface area (Å²) in [5.41, 5.74) is 3.69. The quantitative estimate of drug-likeness (QED) is 0.809. The molecule has 1 aromatic heterocycles. The topological polar surface area (TPSA) is 40.2 Å². The second kappa shape index (κ2) is 8.30. The minimum atomic E-state index is 0.590. The lowest BCUT2D eigenvalue weighted by Gasteiger charge is -2.32. The molecule has 1 atom stereocenters. The van der Waals surface area contributed by atoms with Gasteiger partial charge in [0.15, 0.2) is 5.11 Å². The summed E-state index contributed by atoms with van der Waals surface area (Å²) < 4.78 is 0. The van der Waals surface area contributed by atoms with Crippen molar-refractivity contribution in [3.05, 3.63) is 53.7 Å². The summed E-state index contributed by atoms with van der Waals surface area (Å²) in [5, 5.41) is 6.95. The molecule has 0 unspecified atom stereocenters. The minimum Gasteiger partial charge on any atom is -0.371 e. The van der Waals surface area contributed by atoms with Crippen LogP contribution in [0, 0.1) is 12.8 Å². The van der Waals surface area contributed by atoms with Crippen molar-refractivity contribution >= 4 is 28.8 Å². The zero-order chi connectivity index (χ0) is 17.6. The molecule has 132 valence electrons. The van der Waals surface area contributed by atoms with Gasteiger partial charge in [0.05, 0.1) is 0 Å². The number of rotatable bonds is 4. The summed E-state index contributed by atoms with van der Waals surface area (Å²) in [6, 6.07) is 12.7. The monoisotopic (exact) mass is 354 g/mol. The summed E-state index contributed by atoms with van der Waals surface area (Å²) in [5.74, 6) is 1.56. The number of aryl methyl sites for hydroxylation is 1. The number of aromatic nitrogens is 1. The van der Waals surface area contributed by atoms with Gasteiger partial charge in [-0.25, -0.2) is 4.98 Å². The van der Waals surface area contributed by atoms with Crippen molar-refractivity contribution in [2.45, 2.75) is 33.2 Å². The van der Waals surface area contributed by atoms with E-state index >= 15 is 0 Å². The number of nitrogens with one attached hydrogen (secondary N) is 2. The van der Waals surface area contributed by atoms with Crippen LogP contribution in [0.3, 0.4) is 0 Å². The zero-order valence-electron chi connectivity index (χ0n) is 15.0. The van der Waals surface area contributed by atoms with Gasteiger partial charge in [-0.05, 0) is 73.3 Å². The lowest BCUT2D eigenvalue weighted by atomic mass is 9.99. The smallest absolute Gasteiger partial charge is 0.172 e. The molecule has 25 heavy (non-hydrogen) atoms. The van der Waals surface area contributed by atoms with Crippen molar-refractivity contribution in [1.82, 2.24) is 10.3 Å². The van der Waals surface area contributed by atoms with Gasteiger partial charge in [0.1, 0.15) is 5.82 Å². The predicted octanol–water partition coefficient (Wildman–Crippen LogP) is 4.11. The number of benzene rings is 1. The lowest BCUT2D eigenvalue weighted by molar-refractivity contribution is 0.447. The fourth-order valence-electron chi connectivity index (χ4n) is 3.20. The van der Waals surface area contributed by atoms with Gasteiger partial charge in [-0.3, -0.25) is 0 Å². The van der Waals surface area contributed by atoms with Crippen molar-refractivity contribution in [2.75, 3.05) is 23.3 Å². The first-order valence-corrected chi connectivity index (χ1v) is 9.32. The van der Waals surface area contributed by atoms with Crippen LogP contribution in [0.5, 0.6) is 0 Å². The Morgan fingerprint density at radius 2 is 2.08 bits per heavy atom. The third-order valence-corrected chi connectivity index (χ3v) is 4.82. The summed E-state index contributed by atoms with van der Waals surface area (Å²) in [6.07, 6.45) is 4.41. The molecule has 1 aliphatic rings. The maximum atomic E-state index is 5.35. The molecule has 3 rings (SSSR count). The van der Waals surface area contributed by atoms with Gasteiger partial charge in [-0.2, -0.15) is 0 Å². The minimum absolute atomic E-state index is 0.590. The normalized spacial score (nSPS) is 17.2. The first kappa shape index (κ1) is 17.7. The lowest BCUT2D eigenvalue weighted by Crippen LogP contribution is -2.34. The van der Waals surface area contributed by atoms with Crippen molar-refractivity contribution < 1.29 is 0 Å². The van der Waals surface area contributed by atoms with E-state index in [2.05, 4.69) is 51.7 Å². The Bertz CT molecular complexity index is 714. The Morgan fingerprint density at radius 1 is 1.28 bits per heavy atom. The molecule has 0 spiro atoms. The standard InChI is InChI=1S/C20H26N4S/c1-15-9-10-21-19(12-15)23-20(25)22-13-17-5-7-18(8-6-17)24-11-3-4-16(2)14-24/h5-10,12,16H,3-4,11,13-14H2,1-2H3,(H2,21,22,23,25)/t16-/m0/s1. The highest BCUT2D eigenvalue weighted by molar-refractivity contribution is 7.80. The molecule has 1 saturated heterocycles. The summed E-state index contributed by atoms with van der Waals surface area (Å²) in [7, 11) is 0. The van der Waals surface area contributed by atoms with Crippen LogP contribution < -0.4 is 15.5 Å². The highest BCUT2D eigenvalue weighted by Gasteiger charge is 2.16. The number of nitrogens with zero attached hydrogens (tertiary/aromatic N) is 2. The van der Waals surface area contributed by atoms with E-state index in [-0.39, 0.29) is 0 Å². The van der Waals surface area contributed by atoms with Crippen molar-refractivity contribution in [3.8, 4) is 0 Å². The maximum absolute atomic E-state index is 5.35. The van der Waals surface area contributed by atoms with Crippen molar-refractivity contribution in [3.63, 3.8) is 0 Å². The van der Waals surface area contributed by atoms with Gasteiger partial charge >= 0.3 is 0 Å². The molecule has 2 N–H and O–H groups in total. The molecule has 1 fully saturated rings. The summed E-state index contributed by atoms with van der Waals surface area (Å²) >= 11 is 5.35. The zero-order valence-corrected chi connectivity index (χ0v) is 15.8. The Morgan fingerprint density at radius 3 is 2.80 bits per heavy atom. The Hall–Kier alpha value is -2.14. The molecular formula is C20H26N4S. The molecule has 5 heteroatoms. The SMILES string of the molecule is Cc1ccnc(NC(=S)NCc2ccc(N3CCC[C@H](C)C3)cc2)c1. The summed E-state index contributed by atoms with van der Waals surface area (Å²) in [6.45, 7) is 7.40. The van der Waals surface area contributed by atoms with Crippen LogP contribution in [-0.4, -0.2) is 23.2 Å². The third kappa shape index (κ3) is 5.16. The average molecular weight is 355 g/mol. The molecule has 4 nitrogen and oxygen atoms in total. The van der Waals surface area contributed by atoms with Crippen LogP contribution in [-0.2, 0) is 6.54 Å². The van der Waals surface area contributed by atoms with E-state index in [0.29, 0.717) is 11.7 Å². The highest BCUT2D eigenvalue weighted by atomic mass is 32.1. The van der Waals surface area contributed by atoms with Gasteiger partial charge in [-0.1, -0.05) is 19.1 Å². The van der Waals surface area contributed by atoms with Crippen LogP contribution >= 0.6 is 12.2 Å². The summed E-state index contributed by atoms with van der Waals surface area (Å²) in [4.78, 5) is 6.75. The Kier molecular flexibility index (Phi) is 5.87. The molecule has 0 radical (unpaired) electrons. The molecule has 0 aliphatic carbocycles. The number of hydrogen-bond donors (Lipinski definition) is 2. The molecule has 1 aromatic carbocycles. The number of anilines is 2. The highest BCUT2D eigenvalue weighted by Crippen LogP contribution is 2.23. The second-order valence-electron chi connectivity index (χ2n) is 6.89. The first-order valence-electron chi connectivity index (χ1n) is 8.91. The fraction of sp³-hybridized carbons (Fsp3) is 0.400. The van der Waals surface area contributed by atoms with E-state index in [0.717, 1.165) is 23.8 Å². The van der Waals surface area contributed by atoms with Gasteiger partial charge in [-0.15, -0.1) is 0 Å². The van der Waals surface area contributed by atoms with E-state index in [1.165, 1.54) is 30.6 Å². The predicted molar refractivity (Wildman–Crippen MR) is 109 cm³/mol. The van der Waals surface area contributed by atoms with Gasteiger partial charge < -0.3 is 15.5 Å². The van der Waals surface area contributed by atoms with Crippen LogP contribution in [0.25, 0.3) is 0 Å². The molecular weight excluding hydrogens is 328 g/mol. The van der Waals surface area contributed by atoms with Crippen LogP contribution in [0.2, 0.25) is 0 Å². The molecule has 2 heterocycles. The van der Waals surface area contributed by atoms with Crippen LogP contribution in [0.4, 0.5) is 11.5 Å². The molecule has 2 aromatic rings. The molecule has 0 amide bonds. The largest absolute Gasteiger partial charge is 0.371 e. The third-order valence-electron chi connectivity index (χ3n) is 4.57. The number of hydrogen-bond acceptors (Lipinski definition) is 3. The van der Waals surface area contributed by atoms with E-state index in [4.69, 9.17) is 12.2 Å². The van der Waals surface area contributed by atoms with Crippen LogP contribution in [0.15, 0.2) is 42.6 Å². The van der Waals surface area contributed by atoms with E-state index < -0.39 is 0 Å².